The Morgan fingerprint density at radius 3 is 1.78 bits per heavy atom. The van der Waals surface area contributed by atoms with E-state index in [0.717, 1.165) is 55.7 Å². The summed E-state index contributed by atoms with van der Waals surface area (Å²) < 4.78 is 1.99. The highest BCUT2D eigenvalue weighted by Gasteiger charge is 2.42. The van der Waals surface area contributed by atoms with E-state index in [4.69, 9.17) is 10.3 Å². The number of aromatic nitrogens is 5. The number of aryl methyl sites for hydroxylation is 1. The number of fused-ring (bicyclic) bond motifs is 1. The van der Waals surface area contributed by atoms with Crippen LogP contribution in [0.5, 0.6) is 0 Å². The fourth-order valence-electron chi connectivity index (χ4n) is 6.87. The Morgan fingerprint density at radius 1 is 0.592 bits per heavy atom. The second kappa shape index (κ2) is 13.0. The third-order valence-corrected chi connectivity index (χ3v) is 9.12. The van der Waals surface area contributed by atoms with E-state index >= 15 is 0 Å². The molecule has 6 nitrogen and oxygen atoms in total. The van der Waals surface area contributed by atoms with Gasteiger partial charge in [0, 0.05) is 28.9 Å². The predicted octanol–water partition coefficient (Wildman–Crippen LogP) is 9.32. The number of rotatable bonds is 9. The zero-order valence-corrected chi connectivity index (χ0v) is 27.1. The van der Waals surface area contributed by atoms with Gasteiger partial charge in [0.1, 0.15) is 5.54 Å². The lowest BCUT2D eigenvalue weighted by Gasteiger charge is -2.36. The quantitative estimate of drug-likeness (QED) is 0.160. The molecule has 0 saturated heterocycles. The number of benzene rings is 6. The zero-order valence-electron chi connectivity index (χ0n) is 27.1. The number of tetrazole rings is 1. The molecule has 0 radical (unpaired) electrons. The molecule has 0 spiro atoms. The second-order valence-corrected chi connectivity index (χ2v) is 12.1. The summed E-state index contributed by atoms with van der Waals surface area (Å²) in [5, 5.41) is 18.6. The van der Waals surface area contributed by atoms with E-state index < -0.39 is 5.54 Å². The van der Waals surface area contributed by atoms with Crippen molar-refractivity contribution in [1.29, 1.82) is 0 Å². The van der Waals surface area contributed by atoms with Gasteiger partial charge in [0.25, 0.3) is 0 Å². The highest BCUT2D eigenvalue weighted by Crippen LogP contribution is 2.43. The van der Waals surface area contributed by atoms with Crippen molar-refractivity contribution >= 4 is 16.6 Å². The van der Waals surface area contributed by atoms with Crippen molar-refractivity contribution < 1.29 is 0 Å². The summed E-state index contributed by atoms with van der Waals surface area (Å²) in [6.45, 7) is 2.73. The first-order valence-corrected chi connectivity index (χ1v) is 16.5. The van der Waals surface area contributed by atoms with E-state index in [0.29, 0.717) is 12.4 Å². The summed E-state index contributed by atoms with van der Waals surface area (Å²) in [5.41, 5.74) is 9.70. The van der Waals surface area contributed by atoms with E-state index in [1.807, 2.05) is 41.9 Å². The van der Waals surface area contributed by atoms with Crippen molar-refractivity contribution in [2.75, 3.05) is 5.32 Å². The van der Waals surface area contributed by atoms with Crippen LogP contribution in [0.2, 0.25) is 0 Å². The zero-order chi connectivity index (χ0) is 33.0. The van der Waals surface area contributed by atoms with Crippen LogP contribution in [0.1, 0.15) is 27.9 Å². The number of anilines is 1. The summed E-state index contributed by atoms with van der Waals surface area (Å²) in [6, 6.07) is 58.9. The SMILES string of the molecule is Cc1cc(NCc2ccc(-c3ccccc3-c3nnnn3C(c3ccccc3)(c3ccccc3)c3ccccc3)cc2)c2ccccc2n1. The molecule has 0 amide bonds. The molecule has 6 aromatic carbocycles. The highest BCUT2D eigenvalue weighted by atomic mass is 15.6. The van der Waals surface area contributed by atoms with Crippen LogP contribution < -0.4 is 5.32 Å². The summed E-state index contributed by atoms with van der Waals surface area (Å²) in [7, 11) is 0. The minimum Gasteiger partial charge on any atom is -0.380 e. The minimum absolute atomic E-state index is 0.679. The normalized spacial score (nSPS) is 11.4. The van der Waals surface area contributed by atoms with Crippen LogP contribution in [-0.2, 0) is 12.1 Å². The molecule has 8 aromatic rings. The van der Waals surface area contributed by atoms with E-state index in [1.54, 1.807) is 0 Å². The van der Waals surface area contributed by atoms with Gasteiger partial charge >= 0.3 is 0 Å². The van der Waals surface area contributed by atoms with E-state index in [9.17, 15) is 0 Å². The van der Waals surface area contributed by atoms with Crippen LogP contribution in [0.4, 0.5) is 5.69 Å². The van der Waals surface area contributed by atoms with Gasteiger partial charge in [-0.2, -0.15) is 0 Å². The fourth-order valence-corrected chi connectivity index (χ4v) is 6.87. The molecule has 0 fully saturated rings. The second-order valence-electron chi connectivity index (χ2n) is 12.1. The molecule has 8 rings (SSSR count). The number of hydrogen-bond acceptors (Lipinski definition) is 5. The summed E-state index contributed by atoms with van der Waals surface area (Å²) in [4.78, 5) is 4.68. The van der Waals surface area contributed by atoms with Crippen molar-refractivity contribution in [3.8, 4) is 22.5 Å². The van der Waals surface area contributed by atoms with Crippen LogP contribution in [0.25, 0.3) is 33.4 Å². The number of hydrogen-bond donors (Lipinski definition) is 1. The molecule has 6 heteroatoms. The Hall–Kier alpha value is -6.40. The van der Waals surface area contributed by atoms with Gasteiger partial charge in [0.05, 0.1) is 5.52 Å². The van der Waals surface area contributed by atoms with Crippen LogP contribution in [-0.4, -0.2) is 25.2 Å². The molecule has 0 aliphatic heterocycles. The van der Waals surface area contributed by atoms with Crippen molar-refractivity contribution in [2.45, 2.75) is 19.0 Å². The number of para-hydroxylation sites is 1. The summed E-state index contributed by atoms with van der Waals surface area (Å²) in [6.07, 6.45) is 0. The van der Waals surface area contributed by atoms with Crippen molar-refractivity contribution in [1.82, 2.24) is 25.2 Å². The molecule has 0 aliphatic carbocycles. The maximum Gasteiger partial charge on any atom is 0.184 e. The Labute approximate surface area is 285 Å². The Kier molecular flexibility index (Phi) is 7.96. The third-order valence-electron chi connectivity index (χ3n) is 9.12. The molecule has 0 unspecified atom stereocenters. The van der Waals surface area contributed by atoms with Gasteiger partial charge in [-0.15, -0.1) is 5.10 Å². The molecular weight excluding hydrogens is 601 g/mol. The highest BCUT2D eigenvalue weighted by molar-refractivity contribution is 5.91. The van der Waals surface area contributed by atoms with Crippen LogP contribution in [0.3, 0.4) is 0 Å². The summed E-state index contributed by atoms with van der Waals surface area (Å²) >= 11 is 0. The Morgan fingerprint density at radius 2 is 1.14 bits per heavy atom. The van der Waals surface area contributed by atoms with Gasteiger partial charge in [-0.05, 0) is 62.9 Å². The number of pyridine rings is 1. The lowest BCUT2D eigenvalue weighted by atomic mass is 9.77. The molecule has 2 heterocycles. The van der Waals surface area contributed by atoms with Gasteiger partial charge in [0.15, 0.2) is 5.82 Å². The van der Waals surface area contributed by atoms with Crippen molar-refractivity contribution in [3.63, 3.8) is 0 Å². The lowest BCUT2D eigenvalue weighted by Crippen LogP contribution is -2.39. The molecule has 0 atom stereocenters. The number of nitrogens with zero attached hydrogens (tertiary/aromatic N) is 5. The maximum absolute atomic E-state index is 4.77. The average molecular weight is 635 g/mol. The molecule has 236 valence electrons. The Bertz CT molecular complexity index is 2240. The van der Waals surface area contributed by atoms with Gasteiger partial charge in [-0.25, -0.2) is 4.68 Å². The molecule has 49 heavy (non-hydrogen) atoms. The molecule has 0 aliphatic rings. The monoisotopic (exact) mass is 634 g/mol. The molecule has 1 N–H and O–H groups in total. The molecular formula is C43H34N6. The lowest BCUT2D eigenvalue weighted by molar-refractivity contribution is 0.451. The molecule has 0 saturated carbocycles. The van der Waals surface area contributed by atoms with E-state index in [1.165, 1.54) is 5.56 Å². The van der Waals surface area contributed by atoms with Gasteiger partial charge in [-0.3, -0.25) is 4.98 Å². The van der Waals surface area contributed by atoms with Crippen molar-refractivity contribution in [3.05, 3.63) is 198 Å². The topological polar surface area (TPSA) is 68.5 Å². The van der Waals surface area contributed by atoms with E-state index in [2.05, 4.69) is 155 Å². The Balaban J connectivity index is 1.20. The predicted molar refractivity (Wildman–Crippen MR) is 197 cm³/mol. The van der Waals surface area contributed by atoms with Gasteiger partial charge < -0.3 is 5.32 Å². The van der Waals surface area contributed by atoms with Gasteiger partial charge in [0.2, 0.25) is 0 Å². The minimum atomic E-state index is -0.833. The van der Waals surface area contributed by atoms with Gasteiger partial charge in [-0.1, -0.05) is 158 Å². The van der Waals surface area contributed by atoms with Crippen LogP contribution >= 0.6 is 0 Å². The van der Waals surface area contributed by atoms with Crippen LogP contribution in [0, 0.1) is 6.92 Å². The first-order valence-electron chi connectivity index (χ1n) is 16.5. The smallest absolute Gasteiger partial charge is 0.184 e. The molecule has 2 aromatic heterocycles. The number of nitrogens with one attached hydrogen (secondary N) is 1. The van der Waals surface area contributed by atoms with Crippen molar-refractivity contribution in [2.24, 2.45) is 0 Å². The first-order chi connectivity index (χ1) is 24.2. The largest absolute Gasteiger partial charge is 0.380 e. The van der Waals surface area contributed by atoms with Crippen LogP contribution in [0.15, 0.2) is 170 Å². The standard InChI is InChI=1S/C43H34N6/c1-31-29-41(39-23-13-14-24-40(39)45-31)44-30-32-25-27-33(28-26-32)37-21-11-12-22-38(37)42-46-47-48-49(42)43(34-15-5-2-6-16-34,35-17-7-3-8-18-35)36-19-9-4-10-20-36/h2-29H,30H2,1H3,(H,44,45). The maximum atomic E-state index is 4.77. The average Bonchev–Trinajstić information content (AvgIpc) is 3.66. The first kappa shape index (κ1) is 30.0. The molecule has 0 bridgehead atoms. The summed E-state index contributed by atoms with van der Waals surface area (Å²) in [5.74, 6) is 0.679. The fraction of sp³-hybridized carbons (Fsp3) is 0.0698. The third kappa shape index (κ3) is 5.53. The van der Waals surface area contributed by atoms with E-state index in [-0.39, 0.29) is 0 Å².